The number of hydrogen-bond donors (Lipinski definition) is 4. The Balaban J connectivity index is 1.45. The fourth-order valence-corrected chi connectivity index (χ4v) is 6.01. The average Bonchev–Trinajstić information content (AvgIpc) is 3.58. The van der Waals surface area contributed by atoms with Gasteiger partial charge in [0.15, 0.2) is 0 Å². The normalized spacial score (nSPS) is 13.5. The number of pyridine rings is 1. The highest BCUT2D eigenvalue weighted by Gasteiger charge is 2.30. The van der Waals surface area contributed by atoms with Gasteiger partial charge in [0.05, 0.1) is 22.0 Å². The SMILES string of the molecule is CCc1ncc(COC(=O)NC(C(=O)N[C@@H](Cc2ccccc2)C[C@H](O)[C@H](Cc2ccccc2)NC(=O)OCc2cccnc2)C(C)C)s1. The Morgan fingerprint density at radius 1 is 0.796 bits per heavy atom. The van der Waals surface area contributed by atoms with Gasteiger partial charge in [0, 0.05) is 30.2 Å². The maximum Gasteiger partial charge on any atom is 0.408 e. The van der Waals surface area contributed by atoms with Crippen molar-refractivity contribution in [3.8, 4) is 0 Å². The molecule has 0 spiro atoms. The molecule has 2 aromatic carbocycles. The van der Waals surface area contributed by atoms with E-state index in [2.05, 4.69) is 25.9 Å². The highest BCUT2D eigenvalue weighted by atomic mass is 32.1. The lowest BCUT2D eigenvalue weighted by Gasteiger charge is -2.30. The third-order valence-electron chi connectivity index (χ3n) is 7.83. The van der Waals surface area contributed by atoms with Crippen molar-refractivity contribution >= 4 is 29.4 Å². The van der Waals surface area contributed by atoms with Crippen LogP contribution in [-0.2, 0) is 46.7 Å². The van der Waals surface area contributed by atoms with Gasteiger partial charge in [-0.1, -0.05) is 87.5 Å². The predicted octanol–water partition coefficient (Wildman–Crippen LogP) is 5.37. The summed E-state index contributed by atoms with van der Waals surface area (Å²) in [5, 5.41) is 21.2. The van der Waals surface area contributed by atoms with Gasteiger partial charge in [0.2, 0.25) is 5.91 Å². The number of rotatable bonds is 17. The lowest BCUT2D eigenvalue weighted by molar-refractivity contribution is -0.125. The molecule has 11 nitrogen and oxygen atoms in total. The fraction of sp³-hybridized carbons (Fsp3) is 0.378. The van der Waals surface area contributed by atoms with Gasteiger partial charge >= 0.3 is 12.2 Å². The summed E-state index contributed by atoms with van der Waals surface area (Å²) in [7, 11) is 0. The molecule has 4 N–H and O–H groups in total. The molecule has 2 heterocycles. The molecule has 49 heavy (non-hydrogen) atoms. The van der Waals surface area contributed by atoms with E-state index in [4.69, 9.17) is 9.47 Å². The smallest absolute Gasteiger partial charge is 0.408 e. The van der Waals surface area contributed by atoms with Crippen LogP contribution >= 0.6 is 11.3 Å². The Kier molecular flexibility index (Phi) is 14.5. The third-order valence-corrected chi connectivity index (χ3v) is 8.94. The molecule has 4 aromatic rings. The van der Waals surface area contributed by atoms with E-state index >= 15 is 0 Å². The second-order valence-corrected chi connectivity index (χ2v) is 13.3. The zero-order valence-corrected chi connectivity index (χ0v) is 28.9. The first-order valence-electron chi connectivity index (χ1n) is 16.5. The van der Waals surface area contributed by atoms with E-state index in [1.165, 1.54) is 11.3 Å². The number of aromatic nitrogens is 2. The molecule has 0 saturated heterocycles. The van der Waals surface area contributed by atoms with Gasteiger partial charge in [0.25, 0.3) is 0 Å². The van der Waals surface area contributed by atoms with Gasteiger partial charge in [-0.2, -0.15) is 0 Å². The van der Waals surface area contributed by atoms with Gasteiger partial charge in [0.1, 0.15) is 19.3 Å². The highest BCUT2D eigenvalue weighted by Crippen LogP contribution is 2.17. The standard InChI is InChI=1S/C37H45N5O6S/c1-4-33-39-22-30(49-33)24-48-37(46)42-34(25(2)3)35(44)40-29(18-26-12-7-5-8-13-26)20-32(43)31(19-27-14-9-6-10-15-27)41-36(45)47-23-28-16-11-17-38-21-28/h5-17,21-22,25,29,31-32,34,43H,4,18-20,23-24H2,1-3H3,(H,40,44)(H,41,45)(H,42,46)/t29-,31-,32-,34?/m0/s1. The number of thiazole rings is 1. The number of aliphatic hydroxyl groups is 1. The molecule has 1 unspecified atom stereocenters. The van der Waals surface area contributed by atoms with Gasteiger partial charge in [-0.3, -0.25) is 9.78 Å². The minimum absolute atomic E-state index is 0.0243. The van der Waals surface area contributed by atoms with Crippen LogP contribution in [0.1, 0.15) is 53.8 Å². The quantitative estimate of drug-likeness (QED) is 0.116. The Labute approximate surface area is 291 Å². The van der Waals surface area contributed by atoms with Crippen molar-refractivity contribution in [3.63, 3.8) is 0 Å². The molecule has 0 fully saturated rings. The largest absolute Gasteiger partial charge is 0.445 e. The van der Waals surface area contributed by atoms with Gasteiger partial charge in [-0.15, -0.1) is 11.3 Å². The van der Waals surface area contributed by atoms with E-state index in [-0.39, 0.29) is 25.6 Å². The first-order chi connectivity index (χ1) is 23.7. The zero-order valence-electron chi connectivity index (χ0n) is 28.1. The molecule has 260 valence electrons. The number of benzene rings is 2. The van der Waals surface area contributed by atoms with Gasteiger partial charge in [-0.25, -0.2) is 14.6 Å². The van der Waals surface area contributed by atoms with Crippen LogP contribution in [0.15, 0.2) is 91.4 Å². The fourth-order valence-electron chi connectivity index (χ4n) is 5.23. The third kappa shape index (κ3) is 12.6. The monoisotopic (exact) mass is 687 g/mol. The maximum atomic E-state index is 13.7. The second-order valence-electron chi connectivity index (χ2n) is 12.1. The average molecular weight is 688 g/mol. The number of alkyl carbamates (subject to hydrolysis) is 2. The number of aryl methyl sites for hydroxylation is 1. The van der Waals surface area contributed by atoms with Crippen LogP contribution in [-0.4, -0.2) is 57.4 Å². The summed E-state index contributed by atoms with van der Waals surface area (Å²) < 4.78 is 10.8. The Bertz CT molecular complexity index is 1590. The molecule has 0 aliphatic rings. The molecule has 0 bridgehead atoms. The summed E-state index contributed by atoms with van der Waals surface area (Å²) in [4.78, 5) is 48.5. The molecular weight excluding hydrogens is 643 g/mol. The van der Waals surface area contributed by atoms with E-state index in [1.807, 2.05) is 81.4 Å². The number of hydrogen-bond acceptors (Lipinski definition) is 9. The predicted molar refractivity (Wildman–Crippen MR) is 188 cm³/mol. The van der Waals surface area contributed by atoms with Crippen molar-refractivity contribution in [1.29, 1.82) is 0 Å². The first kappa shape index (κ1) is 37.0. The summed E-state index contributed by atoms with van der Waals surface area (Å²) in [5.41, 5.74) is 2.59. The van der Waals surface area contributed by atoms with Gasteiger partial charge in [-0.05, 0) is 48.8 Å². The molecule has 3 amide bonds. The topological polar surface area (TPSA) is 152 Å². The molecule has 0 aliphatic heterocycles. The van der Waals surface area contributed by atoms with E-state index in [9.17, 15) is 19.5 Å². The van der Waals surface area contributed by atoms with E-state index in [0.29, 0.717) is 12.8 Å². The van der Waals surface area contributed by atoms with E-state index in [0.717, 1.165) is 33.0 Å². The van der Waals surface area contributed by atoms with Crippen molar-refractivity contribution in [1.82, 2.24) is 25.9 Å². The van der Waals surface area contributed by atoms with Crippen molar-refractivity contribution in [3.05, 3.63) is 118 Å². The van der Waals surface area contributed by atoms with Crippen LogP contribution in [0.2, 0.25) is 0 Å². The summed E-state index contributed by atoms with van der Waals surface area (Å²) in [5.74, 6) is -0.665. The van der Waals surface area contributed by atoms with Crippen LogP contribution in [0.4, 0.5) is 9.59 Å². The molecule has 4 rings (SSSR count). The molecule has 0 radical (unpaired) electrons. The molecule has 2 aromatic heterocycles. The summed E-state index contributed by atoms with van der Waals surface area (Å²) in [6.07, 6.45) is 4.12. The van der Waals surface area contributed by atoms with Crippen molar-refractivity contribution in [2.45, 2.75) is 83.9 Å². The number of nitrogens with one attached hydrogen (secondary N) is 3. The van der Waals surface area contributed by atoms with Crippen LogP contribution in [0.5, 0.6) is 0 Å². The molecular formula is C37H45N5O6S. The number of carbonyl (C=O) groups is 3. The number of nitrogens with zero attached hydrogens (tertiary/aromatic N) is 2. The first-order valence-corrected chi connectivity index (χ1v) is 17.3. The van der Waals surface area contributed by atoms with Crippen LogP contribution < -0.4 is 16.0 Å². The minimum atomic E-state index is -1.07. The van der Waals surface area contributed by atoms with E-state index < -0.39 is 42.3 Å². The lowest BCUT2D eigenvalue weighted by atomic mass is 9.93. The van der Waals surface area contributed by atoms with E-state index in [1.54, 1.807) is 30.7 Å². The van der Waals surface area contributed by atoms with Crippen LogP contribution in [0.3, 0.4) is 0 Å². The maximum absolute atomic E-state index is 13.7. The minimum Gasteiger partial charge on any atom is -0.445 e. The Hall–Kier alpha value is -4.81. The second kappa shape index (κ2) is 19.3. The molecule has 0 aliphatic carbocycles. The summed E-state index contributed by atoms with van der Waals surface area (Å²) >= 11 is 1.47. The van der Waals surface area contributed by atoms with Crippen molar-refractivity contribution in [2.24, 2.45) is 5.92 Å². The Morgan fingerprint density at radius 2 is 1.43 bits per heavy atom. The number of aliphatic hydroxyl groups excluding tert-OH is 1. The number of ether oxygens (including phenoxy) is 2. The molecule has 4 atom stereocenters. The zero-order chi connectivity index (χ0) is 35.0. The lowest BCUT2D eigenvalue weighted by Crippen LogP contribution is -2.54. The summed E-state index contributed by atoms with van der Waals surface area (Å²) in [6, 6.07) is 20.5. The van der Waals surface area contributed by atoms with Crippen LogP contribution in [0, 0.1) is 5.92 Å². The van der Waals surface area contributed by atoms with Crippen LogP contribution in [0.25, 0.3) is 0 Å². The number of carbonyl (C=O) groups excluding carboxylic acids is 3. The molecule has 12 heteroatoms. The van der Waals surface area contributed by atoms with Gasteiger partial charge < -0.3 is 30.5 Å². The summed E-state index contributed by atoms with van der Waals surface area (Å²) in [6.45, 7) is 5.75. The molecule has 0 saturated carbocycles. The highest BCUT2D eigenvalue weighted by molar-refractivity contribution is 7.11. The Morgan fingerprint density at radius 3 is 2.04 bits per heavy atom. The number of amides is 3. The van der Waals surface area contributed by atoms with Crippen molar-refractivity contribution < 1.29 is 29.0 Å². The van der Waals surface area contributed by atoms with Crippen molar-refractivity contribution in [2.75, 3.05) is 0 Å².